The normalized spacial score (nSPS) is 15.5. The summed E-state index contributed by atoms with van der Waals surface area (Å²) in [5.41, 5.74) is 4.02. The zero-order valence-electron chi connectivity index (χ0n) is 16.3. The number of benzene rings is 2. The number of anilines is 1. The first kappa shape index (κ1) is 21.0. The highest BCUT2D eigenvalue weighted by Gasteiger charge is 2.31. The van der Waals surface area contributed by atoms with Crippen molar-refractivity contribution in [1.82, 2.24) is 4.90 Å². The molecular formula is C23H22N2O2S2. The third-order valence-corrected chi connectivity index (χ3v) is 6.05. The maximum absolute atomic E-state index is 12.6. The highest BCUT2D eigenvalue weighted by Crippen LogP contribution is 2.31. The second-order valence-corrected chi connectivity index (χ2v) is 8.35. The van der Waals surface area contributed by atoms with Crippen LogP contribution in [0.25, 0.3) is 6.08 Å². The molecular weight excluding hydrogens is 400 g/mol. The van der Waals surface area contributed by atoms with Gasteiger partial charge in [0.15, 0.2) is 0 Å². The highest BCUT2D eigenvalue weighted by atomic mass is 32.2. The van der Waals surface area contributed by atoms with Crippen molar-refractivity contribution in [3.05, 3.63) is 82.3 Å². The Hall–Kier alpha value is -2.70. The van der Waals surface area contributed by atoms with E-state index in [1.54, 1.807) is 6.08 Å². The third-order valence-electron chi connectivity index (χ3n) is 4.65. The standard InChI is InChI=1S/C23H22N2O2S2/c1-16-8-6-12-19(17(16)2)24-21(26)14-15-25-22(27)20(29-23(25)28)13-7-11-18-9-4-3-5-10-18/h3-13H,14-15H2,1-2H3,(H,24,26). The summed E-state index contributed by atoms with van der Waals surface area (Å²) < 4.78 is 0.480. The van der Waals surface area contributed by atoms with Crippen molar-refractivity contribution in [3.63, 3.8) is 0 Å². The SMILES string of the molecule is Cc1cccc(NC(=O)CCN2C(=O)C(=CC=Cc3ccccc3)SC2=S)c1C. The molecule has 0 radical (unpaired) electrons. The van der Waals surface area contributed by atoms with E-state index in [0.717, 1.165) is 22.4 Å². The Morgan fingerprint density at radius 1 is 1.14 bits per heavy atom. The topological polar surface area (TPSA) is 49.4 Å². The van der Waals surface area contributed by atoms with Gasteiger partial charge in [-0.3, -0.25) is 14.5 Å². The van der Waals surface area contributed by atoms with Crippen LogP contribution >= 0.6 is 24.0 Å². The van der Waals surface area contributed by atoms with Gasteiger partial charge in [-0.1, -0.05) is 78.6 Å². The van der Waals surface area contributed by atoms with Gasteiger partial charge in [0.05, 0.1) is 4.91 Å². The Morgan fingerprint density at radius 3 is 2.66 bits per heavy atom. The zero-order chi connectivity index (χ0) is 20.8. The number of thiocarbonyl (C=S) groups is 1. The summed E-state index contributed by atoms with van der Waals surface area (Å²) in [7, 11) is 0. The maximum atomic E-state index is 12.6. The van der Waals surface area contributed by atoms with Crippen LogP contribution in [0, 0.1) is 13.8 Å². The van der Waals surface area contributed by atoms with E-state index >= 15 is 0 Å². The van der Waals surface area contributed by atoms with Crippen molar-refractivity contribution < 1.29 is 9.59 Å². The Kier molecular flexibility index (Phi) is 7.01. The van der Waals surface area contributed by atoms with E-state index in [9.17, 15) is 9.59 Å². The molecule has 2 aromatic carbocycles. The predicted octanol–water partition coefficient (Wildman–Crippen LogP) is 5.09. The lowest BCUT2D eigenvalue weighted by Crippen LogP contribution is -2.31. The molecule has 1 fully saturated rings. The Balaban J connectivity index is 1.57. The molecule has 29 heavy (non-hydrogen) atoms. The fourth-order valence-electron chi connectivity index (χ4n) is 2.83. The average molecular weight is 423 g/mol. The molecule has 1 heterocycles. The molecule has 2 amide bonds. The highest BCUT2D eigenvalue weighted by molar-refractivity contribution is 8.26. The quantitative estimate of drug-likeness (QED) is 0.520. The first-order valence-electron chi connectivity index (χ1n) is 9.29. The minimum absolute atomic E-state index is 0.138. The Morgan fingerprint density at radius 2 is 1.90 bits per heavy atom. The minimum atomic E-state index is -0.155. The minimum Gasteiger partial charge on any atom is -0.326 e. The van der Waals surface area contributed by atoms with Crippen LogP contribution in [0.1, 0.15) is 23.1 Å². The van der Waals surface area contributed by atoms with Crippen LogP contribution in [-0.2, 0) is 9.59 Å². The lowest BCUT2D eigenvalue weighted by atomic mass is 10.1. The van der Waals surface area contributed by atoms with Crippen molar-refractivity contribution in [2.75, 3.05) is 11.9 Å². The van der Waals surface area contributed by atoms with Gasteiger partial charge >= 0.3 is 0 Å². The second kappa shape index (κ2) is 9.67. The summed E-state index contributed by atoms with van der Waals surface area (Å²) in [5, 5.41) is 2.92. The number of amides is 2. The van der Waals surface area contributed by atoms with Crippen LogP contribution in [0.2, 0.25) is 0 Å². The molecule has 0 atom stereocenters. The van der Waals surface area contributed by atoms with Crippen LogP contribution in [0.4, 0.5) is 5.69 Å². The van der Waals surface area contributed by atoms with Crippen LogP contribution in [0.15, 0.2) is 65.6 Å². The number of thioether (sulfide) groups is 1. The molecule has 6 heteroatoms. The van der Waals surface area contributed by atoms with Crippen molar-refractivity contribution in [3.8, 4) is 0 Å². The Bertz CT molecular complexity index is 997. The number of carbonyl (C=O) groups is 2. The second-order valence-electron chi connectivity index (χ2n) is 6.67. The molecule has 1 N–H and O–H groups in total. The molecule has 3 rings (SSSR count). The van der Waals surface area contributed by atoms with E-state index in [2.05, 4.69) is 5.32 Å². The van der Waals surface area contributed by atoms with E-state index < -0.39 is 0 Å². The van der Waals surface area contributed by atoms with Gasteiger partial charge in [0.1, 0.15) is 4.32 Å². The average Bonchev–Trinajstić information content (AvgIpc) is 2.98. The fourth-order valence-corrected chi connectivity index (χ4v) is 4.09. The molecule has 2 aromatic rings. The van der Waals surface area contributed by atoms with Crippen LogP contribution in [0.5, 0.6) is 0 Å². The lowest BCUT2D eigenvalue weighted by Gasteiger charge is -2.15. The zero-order valence-corrected chi connectivity index (χ0v) is 18.0. The number of aryl methyl sites for hydroxylation is 1. The number of hydrogen-bond donors (Lipinski definition) is 1. The van der Waals surface area contributed by atoms with Crippen LogP contribution in [0.3, 0.4) is 0 Å². The summed E-state index contributed by atoms with van der Waals surface area (Å²) in [4.78, 5) is 27.0. The lowest BCUT2D eigenvalue weighted by molar-refractivity contribution is -0.122. The van der Waals surface area contributed by atoms with E-state index in [1.807, 2.05) is 74.5 Å². The summed E-state index contributed by atoms with van der Waals surface area (Å²) in [6.07, 6.45) is 5.73. The van der Waals surface area contributed by atoms with Gasteiger partial charge in [0.25, 0.3) is 5.91 Å². The molecule has 0 unspecified atom stereocenters. The van der Waals surface area contributed by atoms with Crippen molar-refractivity contribution in [2.24, 2.45) is 0 Å². The van der Waals surface area contributed by atoms with Gasteiger partial charge in [-0.25, -0.2) is 0 Å². The fraction of sp³-hybridized carbons (Fsp3) is 0.174. The van der Waals surface area contributed by atoms with Crippen LogP contribution < -0.4 is 5.32 Å². The van der Waals surface area contributed by atoms with E-state index in [1.165, 1.54) is 16.7 Å². The number of carbonyl (C=O) groups excluding carboxylic acids is 2. The van der Waals surface area contributed by atoms with E-state index in [0.29, 0.717) is 9.23 Å². The summed E-state index contributed by atoms with van der Waals surface area (Å²) in [5.74, 6) is -0.294. The van der Waals surface area contributed by atoms with Crippen molar-refractivity contribution in [1.29, 1.82) is 0 Å². The molecule has 0 spiro atoms. The molecule has 0 aromatic heterocycles. The monoisotopic (exact) mass is 422 g/mol. The number of hydrogen-bond acceptors (Lipinski definition) is 4. The van der Waals surface area contributed by atoms with Gasteiger partial charge in [-0.05, 0) is 42.7 Å². The summed E-state index contributed by atoms with van der Waals surface area (Å²) in [6, 6.07) is 15.6. The number of nitrogens with zero attached hydrogens (tertiary/aromatic N) is 1. The number of rotatable bonds is 6. The third kappa shape index (κ3) is 5.43. The molecule has 0 bridgehead atoms. The predicted molar refractivity (Wildman–Crippen MR) is 125 cm³/mol. The van der Waals surface area contributed by atoms with Crippen molar-refractivity contribution in [2.45, 2.75) is 20.3 Å². The number of nitrogens with one attached hydrogen (secondary N) is 1. The smallest absolute Gasteiger partial charge is 0.266 e. The molecule has 0 aliphatic carbocycles. The molecule has 4 nitrogen and oxygen atoms in total. The summed E-state index contributed by atoms with van der Waals surface area (Å²) in [6.45, 7) is 4.24. The molecule has 1 aliphatic heterocycles. The van der Waals surface area contributed by atoms with Gasteiger partial charge in [-0.2, -0.15) is 0 Å². The van der Waals surface area contributed by atoms with Gasteiger partial charge in [0, 0.05) is 18.7 Å². The van der Waals surface area contributed by atoms with Crippen molar-refractivity contribution >= 4 is 51.9 Å². The number of allylic oxidation sites excluding steroid dienone is 2. The Labute approximate surface area is 180 Å². The van der Waals surface area contributed by atoms with Gasteiger partial charge in [-0.15, -0.1) is 0 Å². The largest absolute Gasteiger partial charge is 0.326 e. The first-order valence-corrected chi connectivity index (χ1v) is 10.5. The van der Waals surface area contributed by atoms with Crippen LogP contribution in [-0.4, -0.2) is 27.6 Å². The van der Waals surface area contributed by atoms with Gasteiger partial charge in [0.2, 0.25) is 5.91 Å². The molecule has 1 aliphatic rings. The molecule has 148 valence electrons. The molecule has 1 saturated heterocycles. The maximum Gasteiger partial charge on any atom is 0.266 e. The molecule has 0 saturated carbocycles. The summed E-state index contributed by atoms with van der Waals surface area (Å²) >= 11 is 6.59. The van der Waals surface area contributed by atoms with E-state index in [4.69, 9.17) is 12.2 Å². The van der Waals surface area contributed by atoms with E-state index in [-0.39, 0.29) is 24.8 Å². The first-order chi connectivity index (χ1) is 14.0. The van der Waals surface area contributed by atoms with Gasteiger partial charge < -0.3 is 5.32 Å².